The third-order valence-corrected chi connectivity index (χ3v) is 1.80. The fourth-order valence-corrected chi connectivity index (χ4v) is 1.06. The predicted molar refractivity (Wildman–Crippen MR) is 25.3 cm³/mol. The van der Waals surface area contributed by atoms with Crippen LogP contribution in [0.1, 0.15) is 0 Å². The molecule has 0 amide bonds. The first-order chi connectivity index (χ1) is 4.27. The third-order valence-electron chi connectivity index (χ3n) is 0.261. The van der Waals surface area contributed by atoms with Crippen LogP contribution >= 0.6 is 0 Å². The monoisotopic (exact) mass is 194 g/mol. The van der Waals surface area contributed by atoms with Gasteiger partial charge in [0.25, 0.3) is 0 Å². The Morgan fingerprint density at radius 1 is 1.10 bits per heavy atom. The Morgan fingerprint density at radius 3 is 1.60 bits per heavy atom. The van der Waals surface area contributed by atoms with E-state index < -0.39 is 20.8 Å². The van der Waals surface area contributed by atoms with Gasteiger partial charge in [0.05, 0.1) is 0 Å². The van der Waals surface area contributed by atoms with Gasteiger partial charge in [-0.2, -0.15) is 16.8 Å². The molecule has 0 radical (unpaired) electrons. The lowest BCUT2D eigenvalue weighted by atomic mass is 15.0. The second-order valence-electron chi connectivity index (χ2n) is 0.979. The van der Waals surface area contributed by atoms with E-state index in [0.29, 0.717) is 0 Å². The Bertz CT molecular complexity index is 275. The van der Waals surface area contributed by atoms with Crippen LogP contribution in [0.25, 0.3) is 0 Å². The molecule has 0 aromatic carbocycles. The average molecular weight is 194 g/mol. The van der Waals surface area contributed by atoms with Crippen molar-refractivity contribution in [1.82, 2.24) is 0 Å². The summed E-state index contributed by atoms with van der Waals surface area (Å²) in [5.74, 6) is 0. The van der Waals surface area contributed by atoms with Gasteiger partial charge in [-0.1, -0.05) is 7.96 Å². The molecule has 0 unspecified atom stereocenters. The van der Waals surface area contributed by atoms with Gasteiger partial charge in [0.1, 0.15) is 0 Å². The second kappa shape index (κ2) is 2.77. The van der Waals surface area contributed by atoms with E-state index in [1.165, 1.54) is 0 Å². The molecule has 0 spiro atoms. The number of hydrogen-bond donors (Lipinski definition) is 2. The molecule has 0 saturated carbocycles. The summed E-state index contributed by atoms with van der Waals surface area (Å²) in [5, 5.41) is 7.37. The first-order valence-corrected chi connectivity index (χ1v) is 4.23. The van der Waals surface area contributed by atoms with E-state index in [1.807, 2.05) is 0 Å². The van der Waals surface area contributed by atoms with Crippen molar-refractivity contribution in [2.24, 2.45) is 0 Å². The van der Waals surface area contributed by atoms with Crippen LogP contribution in [0.15, 0.2) is 0 Å². The molecule has 8 nitrogen and oxygen atoms in total. The summed E-state index contributed by atoms with van der Waals surface area (Å²) in [5.41, 5.74) is 0. The van der Waals surface area contributed by atoms with Crippen molar-refractivity contribution in [2.45, 2.75) is 0 Å². The maximum Gasteiger partial charge on any atom is 0.442 e. The van der Waals surface area contributed by atoms with Crippen molar-refractivity contribution >= 4 is 20.8 Å². The molecule has 10 heavy (non-hydrogen) atoms. The summed E-state index contributed by atoms with van der Waals surface area (Å²) >= 11 is 0. The van der Waals surface area contributed by atoms with Crippen LogP contribution in [0.3, 0.4) is 0 Å². The highest BCUT2D eigenvalue weighted by Gasteiger charge is 2.20. The van der Waals surface area contributed by atoms with Crippen molar-refractivity contribution in [3.8, 4) is 0 Å². The fraction of sp³-hybridized carbons (Fsp3) is 0. The molecule has 0 aromatic heterocycles. The van der Waals surface area contributed by atoms with Crippen molar-refractivity contribution in [1.29, 1.82) is 0 Å². The highest BCUT2D eigenvalue weighted by atomic mass is 32.3. The van der Waals surface area contributed by atoms with Gasteiger partial charge in [0.2, 0.25) is 0 Å². The molecule has 0 heterocycles. The van der Waals surface area contributed by atoms with Gasteiger partial charge >= 0.3 is 20.8 Å². The Labute approximate surface area is 56.2 Å². The minimum absolute atomic E-state index is 2.52. The molecule has 0 aromatic rings. The molecular weight excluding hydrogens is 192 g/mol. The molecule has 0 atom stereocenters. The van der Waals surface area contributed by atoms with E-state index in [0.717, 1.165) is 0 Å². The van der Waals surface area contributed by atoms with E-state index >= 15 is 0 Å². The van der Waals surface area contributed by atoms with Crippen molar-refractivity contribution in [3.63, 3.8) is 0 Å². The highest BCUT2D eigenvalue weighted by molar-refractivity contribution is 7.94. The minimum atomic E-state index is -5.17. The predicted octanol–water partition coefficient (Wildman–Crippen LogP) is -1.46. The molecule has 10 heteroatoms. The van der Waals surface area contributed by atoms with Gasteiger partial charge in [0.15, 0.2) is 0 Å². The quantitative estimate of drug-likeness (QED) is 0.317. The van der Waals surface area contributed by atoms with E-state index in [9.17, 15) is 16.8 Å². The molecule has 0 aliphatic carbocycles. The smallest absolute Gasteiger partial charge is 0.263 e. The first kappa shape index (κ1) is 9.74. The SMILES string of the molecule is O=S(=O)(O)OS(=O)(=O)OO. The Hall–Kier alpha value is -0.260. The van der Waals surface area contributed by atoms with Crippen LogP contribution in [0.5, 0.6) is 0 Å². The van der Waals surface area contributed by atoms with E-state index in [4.69, 9.17) is 9.81 Å². The molecule has 62 valence electrons. The summed E-state index contributed by atoms with van der Waals surface area (Å²) in [4.78, 5) is 0. The van der Waals surface area contributed by atoms with Gasteiger partial charge in [-0.05, 0) is 0 Å². The van der Waals surface area contributed by atoms with Crippen LogP contribution in [0, 0.1) is 0 Å². The second-order valence-corrected chi connectivity index (χ2v) is 3.34. The summed E-state index contributed by atoms with van der Waals surface area (Å²) in [7, 11) is -10.2. The van der Waals surface area contributed by atoms with Crippen molar-refractivity contribution < 1.29 is 34.6 Å². The van der Waals surface area contributed by atoms with E-state index in [-0.39, 0.29) is 0 Å². The average Bonchev–Trinajstić information content (AvgIpc) is 1.60. The normalized spacial score (nSPS) is 13.4. The van der Waals surface area contributed by atoms with Crippen LogP contribution in [-0.4, -0.2) is 26.6 Å². The lowest BCUT2D eigenvalue weighted by Gasteiger charge is -1.93. The lowest BCUT2D eigenvalue weighted by molar-refractivity contribution is -0.138. The molecule has 0 bridgehead atoms. The molecule has 0 aliphatic heterocycles. The van der Waals surface area contributed by atoms with Crippen molar-refractivity contribution in [3.05, 3.63) is 0 Å². The van der Waals surface area contributed by atoms with Crippen molar-refractivity contribution in [2.75, 3.05) is 0 Å². The Morgan fingerprint density at radius 2 is 1.50 bits per heavy atom. The fourth-order valence-electron chi connectivity index (χ4n) is 0.118. The largest absolute Gasteiger partial charge is 0.442 e. The van der Waals surface area contributed by atoms with Gasteiger partial charge in [0, 0.05) is 0 Å². The third kappa shape index (κ3) is 4.60. The Kier molecular flexibility index (Phi) is 2.70. The topological polar surface area (TPSA) is 127 Å². The summed E-state index contributed by atoms with van der Waals surface area (Å²) in [6.07, 6.45) is 0. The standard InChI is InChI=1S/H2O8S2/c1-7-10(5,6)8-9(2,3)4/h1H,(H,2,3,4). The molecule has 0 rings (SSSR count). The molecule has 0 saturated heterocycles. The van der Waals surface area contributed by atoms with Gasteiger partial charge in [-0.15, -0.1) is 0 Å². The molecular formula is H2O8S2. The lowest BCUT2D eigenvalue weighted by Crippen LogP contribution is -2.13. The summed E-state index contributed by atoms with van der Waals surface area (Å²) in [6, 6.07) is 0. The highest BCUT2D eigenvalue weighted by Crippen LogP contribution is 1.97. The number of hydrogen-bond acceptors (Lipinski definition) is 7. The van der Waals surface area contributed by atoms with Gasteiger partial charge in [-0.3, -0.25) is 4.55 Å². The molecule has 0 aliphatic rings. The zero-order valence-electron chi connectivity index (χ0n) is 4.16. The van der Waals surface area contributed by atoms with Crippen LogP contribution in [0.2, 0.25) is 0 Å². The van der Waals surface area contributed by atoms with Crippen LogP contribution in [-0.2, 0) is 28.8 Å². The van der Waals surface area contributed by atoms with Crippen LogP contribution < -0.4 is 0 Å². The van der Waals surface area contributed by atoms with E-state index in [1.54, 1.807) is 0 Å². The van der Waals surface area contributed by atoms with Crippen LogP contribution in [0.4, 0.5) is 0 Å². The maximum absolute atomic E-state index is 9.78. The summed E-state index contributed by atoms with van der Waals surface area (Å²) < 4.78 is 51.7. The molecule has 0 fully saturated rings. The zero-order chi connectivity index (χ0) is 8.41. The molecule has 2 N–H and O–H groups in total. The minimum Gasteiger partial charge on any atom is -0.263 e. The summed E-state index contributed by atoms with van der Waals surface area (Å²) in [6.45, 7) is 0. The number of rotatable bonds is 3. The van der Waals surface area contributed by atoms with Gasteiger partial charge in [-0.25, -0.2) is 5.26 Å². The zero-order valence-corrected chi connectivity index (χ0v) is 5.79. The maximum atomic E-state index is 9.78. The first-order valence-electron chi connectivity index (χ1n) is 1.53. The van der Waals surface area contributed by atoms with Gasteiger partial charge < -0.3 is 0 Å². The Balaban J connectivity index is 4.49. The van der Waals surface area contributed by atoms with E-state index in [2.05, 4.69) is 7.96 Å².